The Morgan fingerprint density at radius 3 is 2.45 bits per heavy atom. The van der Waals surface area contributed by atoms with Crippen molar-refractivity contribution in [1.82, 2.24) is 14.9 Å². The summed E-state index contributed by atoms with van der Waals surface area (Å²) in [6, 6.07) is 8.15. The van der Waals surface area contributed by atoms with E-state index < -0.39 is 0 Å². The first-order valence-corrected chi connectivity index (χ1v) is 7.87. The maximum atomic E-state index is 12.3. The molecule has 1 aromatic carbocycles. The molecular weight excluding hydrogens is 276 g/mol. The van der Waals surface area contributed by atoms with Crippen LogP contribution in [0.4, 0.5) is 10.5 Å². The van der Waals surface area contributed by atoms with Gasteiger partial charge in [-0.05, 0) is 44.0 Å². The first-order valence-electron chi connectivity index (χ1n) is 7.87. The van der Waals surface area contributed by atoms with E-state index in [1.165, 1.54) is 12.8 Å². The van der Waals surface area contributed by atoms with Crippen molar-refractivity contribution in [2.45, 2.75) is 38.1 Å². The minimum Gasteiger partial charge on any atom is -0.330 e. The highest BCUT2D eigenvalue weighted by Crippen LogP contribution is 2.35. The van der Waals surface area contributed by atoms with Crippen molar-refractivity contribution in [2.24, 2.45) is 0 Å². The molecule has 1 saturated heterocycles. The third-order valence-corrected chi connectivity index (χ3v) is 4.90. The van der Waals surface area contributed by atoms with Gasteiger partial charge in [-0.3, -0.25) is 4.90 Å². The van der Waals surface area contributed by atoms with Gasteiger partial charge >= 0.3 is 6.03 Å². The van der Waals surface area contributed by atoms with Gasteiger partial charge in [0, 0.05) is 23.8 Å². The largest absolute Gasteiger partial charge is 0.330 e. The lowest BCUT2D eigenvalue weighted by Crippen LogP contribution is -2.40. The molecule has 0 unspecified atom stereocenters. The Balaban J connectivity index is 1.59. The summed E-state index contributed by atoms with van der Waals surface area (Å²) >= 11 is 0. The molecule has 5 heteroatoms. The number of imidazole rings is 1. The third-order valence-electron chi connectivity index (χ3n) is 4.90. The van der Waals surface area contributed by atoms with Crippen molar-refractivity contribution >= 4 is 11.7 Å². The normalized spacial score (nSPS) is 19.9. The highest BCUT2D eigenvalue weighted by molar-refractivity contribution is 5.95. The Morgan fingerprint density at radius 2 is 1.82 bits per heavy atom. The highest BCUT2D eigenvalue weighted by Gasteiger charge is 2.44. The smallest absolute Gasteiger partial charge is 0.322 e. The summed E-state index contributed by atoms with van der Waals surface area (Å²) < 4.78 is 2.03. The third kappa shape index (κ3) is 2.08. The Bertz CT molecular complexity index is 698. The molecule has 2 fully saturated rings. The van der Waals surface area contributed by atoms with Gasteiger partial charge in [-0.2, -0.15) is 0 Å². The Kier molecular flexibility index (Phi) is 2.96. The maximum absolute atomic E-state index is 12.3. The molecule has 22 heavy (non-hydrogen) atoms. The summed E-state index contributed by atoms with van der Waals surface area (Å²) in [5, 5.41) is 3.20. The number of carbonyl (C=O) groups is 1. The first kappa shape index (κ1) is 13.4. The minimum atomic E-state index is 0.0106. The van der Waals surface area contributed by atoms with Crippen molar-refractivity contribution in [3.05, 3.63) is 42.5 Å². The van der Waals surface area contributed by atoms with Crippen LogP contribution >= 0.6 is 0 Å². The summed E-state index contributed by atoms with van der Waals surface area (Å²) in [5.41, 5.74) is 2.04. The minimum absolute atomic E-state index is 0.0106. The molecule has 1 aliphatic heterocycles. The predicted octanol–water partition coefficient (Wildman–Crippen LogP) is 3.02. The SMILES string of the molecule is Cc1nccn1-c1ccc(N2CC3(CCCC3)NC2=O)cc1. The van der Waals surface area contributed by atoms with E-state index in [9.17, 15) is 4.79 Å². The number of nitrogens with one attached hydrogen (secondary N) is 1. The molecule has 1 aliphatic carbocycles. The van der Waals surface area contributed by atoms with E-state index >= 15 is 0 Å². The quantitative estimate of drug-likeness (QED) is 0.926. The van der Waals surface area contributed by atoms with Gasteiger partial charge in [0.15, 0.2) is 0 Å². The zero-order chi connectivity index (χ0) is 15.2. The molecule has 2 aliphatic rings. The van der Waals surface area contributed by atoms with E-state index in [1.807, 2.05) is 46.9 Å². The van der Waals surface area contributed by atoms with Gasteiger partial charge in [-0.15, -0.1) is 0 Å². The molecule has 0 bridgehead atoms. The van der Waals surface area contributed by atoms with Crippen molar-refractivity contribution in [3.8, 4) is 5.69 Å². The monoisotopic (exact) mass is 296 g/mol. The summed E-state index contributed by atoms with van der Waals surface area (Å²) in [6.07, 6.45) is 8.37. The van der Waals surface area contributed by atoms with E-state index in [0.717, 1.165) is 36.6 Å². The van der Waals surface area contributed by atoms with E-state index in [0.29, 0.717) is 0 Å². The van der Waals surface area contributed by atoms with Gasteiger partial charge in [-0.25, -0.2) is 9.78 Å². The summed E-state index contributed by atoms with van der Waals surface area (Å²) in [5.74, 6) is 0.955. The molecule has 114 valence electrons. The molecule has 1 N–H and O–H groups in total. The Hall–Kier alpha value is -2.30. The molecule has 5 nitrogen and oxygen atoms in total. The highest BCUT2D eigenvalue weighted by atomic mass is 16.2. The maximum Gasteiger partial charge on any atom is 0.322 e. The zero-order valence-corrected chi connectivity index (χ0v) is 12.7. The number of amides is 2. The van der Waals surface area contributed by atoms with Gasteiger partial charge < -0.3 is 9.88 Å². The van der Waals surface area contributed by atoms with Crippen LogP contribution in [0.1, 0.15) is 31.5 Å². The van der Waals surface area contributed by atoms with E-state index in [4.69, 9.17) is 0 Å². The van der Waals surface area contributed by atoms with Crippen LogP contribution in [0.3, 0.4) is 0 Å². The number of benzene rings is 1. The van der Waals surface area contributed by atoms with Crippen LogP contribution in [0.5, 0.6) is 0 Å². The number of nitrogens with zero attached hydrogens (tertiary/aromatic N) is 3. The van der Waals surface area contributed by atoms with E-state index in [-0.39, 0.29) is 11.6 Å². The molecule has 0 atom stereocenters. The van der Waals surface area contributed by atoms with Gasteiger partial charge in [-0.1, -0.05) is 12.8 Å². The van der Waals surface area contributed by atoms with Crippen LogP contribution in [0, 0.1) is 6.92 Å². The van der Waals surface area contributed by atoms with E-state index in [2.05, 4.69) is 10.3 Å². The van der Waals surface area contributed by atoms with Crippen LogP contribution in [0.15, 0.2) is 36.7 Å². The fourth-order valence-electron chi connectivity index (χ4n) is 3.70. The number of hydrogen-bond donors (Lipinski definition) is 1. The second-order valence-electron chi connectivity index (χ2n) is 6.36. The van der Waals surface area contributed by atoms with Crippen molar-refractivity contribution in [1.29, 1.82) is 0 Å². The molecule has 2 aromatic rings. The lowest BCUT2D eigenvalue weighted by atomic mass is 9.99. The first-order chi connectivity index (χ1) is 10.7. The molecule has 4 rings (SSSR count). The number of anilines is 1. The van der Waals surface area contributed by atoms with Crippen molar-refractivity contribution < 1.29 is 4.79 Å². The molecule has 0 radical (unpaired) electrons. The van der Waals surface area contributed by atoms with Gasteiger partial charge in [0.25, 0.3) is 0 Å². The van der Waals surface area contributed by atoms with Crippen LogP contribution in [0.25, 0.3) is 5.69 Å². The molecular formula is C17H20N4O. The molecule has 2 amide bonds. The molecule has 1 spiro atoms. The van der Waals surface area contributed by atoms with Crippen LogP contribution in [-0.2, 0) is 0 Å². The lowest BCUT2D eigenvalue weighted by Gasteiger charge is -2.22. The number of aromatic nitrogens is 2. The van der Waals surface area contributed by atoms with Crippen molar-refractivity contribution in [2.75, 3.05) is 11.4 Å². The lowest BCUT2D eigenvalue weighted by molar-refractivity contribution is 0.247. The van der Waals surface area contributed by atoms with Gasteiger partial charge in [0.05, 0.1) is 12.1 Å². The standard InChI is InChI=1S/C17H20N4O/c1-13-18-10-11-20(13)14-4-6-15(7-5-14)21-12-17(19-16(21)22)8-2-3-9-17/h4-7,10-11H,2-3,8-9,12H2,1H3,(H,19,22). The molecule has 1 aromatic heterocycles. The summed E-state index contributed by atoms with van der Waals surface area (Å²) in [6.45, 7) is 2.76. The average Bonchev–Trinajstić information content (AvgIpc) is 3.22. The number of hydrogen-bond acceptors (Lipinski definition) is 2. The van der Waals surface area contributed by atoms with Crippen molar-refractivity contribution in [3.63, 3.8) is 0 Å². The fourth-order valence-corrected chi connectivity index (χ4v) is 3.70. The molecule has 2 heterocycles. The topological polar surface area (TPSA) is 50.2 Å². The molecule has 1 saturated carbocycles. The number of aryl methyl sites for hydroxylation is 1. The van der Waals surface area contributed by atoms with Gasteiger partial charge in [0.2, 0.25) is 0 Å². The van der Waals surface area contributed by atoms with Crippen LogP contribution < -0.4 is 10.2 Å². The van der Waals surface area contributed by atoms with E-state index in [1.54, 1.807) is 6.20 Å². The fraction of sp³-hybridized carbons (Fsp3) is 0.412. The summed E-state index contributed by atoms with van der Waals surface area (Å²) in [4.78, 5) is 18.4. The summed E-state index contributed by atoms with van der Waals surface area (Å²) in [7, 11) is 0. The number of carbonyl (C=O) groups excluding carboxylic acids is 1. The van der Waals surface area contributed by atoms with Gasteiger partial charge in [0.1, 0.15) is 5.82 Å². The van der Waals surface area contributed by atoms with Crippen LogP contribution in [-0.4, -0.2) is 27.7 Å². The second kappa shape index (κ2) is 4.87. The second-order valence-corrected chi connectivity index (χ2v) is 6.36. The number of urea groups is 1. The Labute approximate surface area is 130 Å². The average molecular weight is 296 g/mol. The van der Waals surface area contributed by atoms with Crippen LogP contribution in [0.2, 0.25) is 0 Å². The Morgan fingerprint density at radius 1 is 1.14 bits per heavy atom. The predicted molar refractivity (Wildman–Crippen MR) is 85.4 cm³/mol. The zero-order valence-electron chi connectivity index (χ0n) is 12.7. The number of rotatable bonds is 2.